The van der Waals surface area contributed by atoms with Crippen LogP contribution in [0.2, 0.25) is 0 Å². The third kappa shape index (κ3) is 15.6. The van der Waals surface area contributed by atoms with E-state index < -0.39 is 0 Å². The molecular formula is C19H38N2O2. The van der Waals surface area contributed by atoms with Crippen molar-refractivity contribution in [3.05, 3.63) is 0 Å². The molecule has 2 N–H and O–H groups in total. The van der Waals surface area contributed by atoms with E-state index in [2.05, 4.69) is 24.5 Å². The number of unbranched alkanes of at least 4 members (excludes halogenated alkanes) is 8. The quantitative estimate of drug-likeness (QED) is 0.440. The van der Waals surface area contributed by atoms with Gasteiger partial charge >= 0.3 is 0 Å². The van der Waals surface area contributed by atoms with Gasteiger partial charge in [0.15, 0.2) is 0 Å². The standard InChI is InChI=1S/C19H38N2O2/c1-4-6-8-10-12-14-18(22)20-16-17(3)21-19(23)15-13-11-9-7-5-2/h17H,4-16H2,1-3H3,(H,20,22)(H,21,23). The van der Waals surface area contributed by atoms with E-state index in [1.54, 1.807) is 0 Å². The Hall–Kier alpha value is -1.06. The second kappa shape index (κ2) is 15.8. The number of carbonyl (C=O) groups excluding carboxylic acids is 2. The van der Waals surface area contributed by atoms with E-state index >= 15 is 0 Å². The van der Waals surface area contributed by atoms with Crippen molar-refractivity contribution in [3.63, 3.8) is 0 Å². The van der Waals surface area contributed by atoms with Crippen LogP contribution in [0.5, 0.6) is 0 Å². The molecule has 0 saturated carbocycles. The van der Waals surface area contributed by atoms with Crippen LogP contribution in [-0.4, -0.2) is 24.4 Å². The van der Waals surface area contributed by atoms with E-state index in [-0.39, 0.29) is 17.9 Å². The number of hydrogen-bond donors (Lipinski definition) is 2. The molecule has 0 bridgehead atoms. The first kappa shape index (κ1) is 21.9. The number of hydrogen-bond acceptors (Lipinski definition) is 2. The molecule has 0 rings (SSSR count). The van der Waals surface area contributed by atoms with Crippen LogP contribution in [0.3, 0.4) is 0 Å². The zero-order valence-corrected chi connectivity index (χ0v) is 15.6. The van der Waals surface area contributed by atoms with Gasteiger partial charge in [-0.05, 0) is 19.8 Å². The average molecular weight is 327 g/mol. The Bertz CT molecular complexity index is 306. The number of rotatable bonds is 15. The lowest BCUT2D eigenvalue weighted by Crippen LogP contribution is -2.41. The second-order valence-electron chi connectivity index (χ2n) is 6.60. The van der Waals surface area contributed by atoms with Crippen LogP contribution in [0.25, 0.3) is 0 Å². The molecule has 0 fully saturated rings. The lowest BCUT2D eigenvalue weighted by molar-refractivity contribution is -0.123. The van der Waals surface area contributed by atoms with Gasteiger partial charge in [0.05, 0.1) is 0 Å². The van der Waals surface area contributed by atoms with E-state index in [1.165, 1.54) is 38.5 Å². The molecule has 0 aliphatic rings. The predicted octanol–water partition coefficient (Wildman–Crippen LogP) is 4.33. The SMILES string of the molecule is CCCCCCCC(=O)NCC(C)NC(=O)CCCCCCC. The van der Waals surface area contributed by atoms with Crippen molar-refractivity contribution in [1.29, 1.82) is 0 Å². The van der Waals surface area contributed by atoms with E-state index in [0.717, 1.165) is 25.7 Å². The van der Waals surface area contributed by atoms with Gasteiger partial charge in [0, 0.05) is 25.4 Å². The van der Waals surface area contributed by atoms with Gasteiger partial charge in [-0.3, -0.25) is 9.59 Å². The van der Waals surface area contributed by atoms with Crippen LogP contribution in [0.1, 0.15) is 97.8 Å². The zero-order valence-electron chi connectivity index (χ0n) is 15.6. The van der Waals surface area contributed by atoms with E-state index in [1.807, 2.05) is 6.92 Å². The molecule has 4 heteroatoms. The highest BCUT2D eigenvalue weighted by molar-refractivity contribution is 5.77. The molecule has 23 heavy (non-hydrogen) atoms. The van der Waals surface area contributed by atoms with Gasteiger partial charge in [-0.25, -0.2) is 0 Å². The number of amides is 2. The van der Waals surface area contributed by atoms with Crippen LogP contribution in [-0.2, 0) is 9.59 Å². The molecule has 1 atom stereocenters. The summed E-state index contributed by atoms with van der Waals surface area (Å²) in [5.41, 5.74) is 0. The predicted molar refractivity (Wildman–Crippen MR) is 97.4 cm³/mol. The second-order valence-corrected chi connectivity index (χ2v) is 6.60. The minimum absolute atomic E-state index is 0.00202. The maximum atomic E-state index is 11.8. The van der Waals surface area contributed by atoms with Gasteiger partial charge in [0.25, 0.3) is 0 Å². The van der Waals surface area contributed by atoms with Crippen molar-refractivity contribution in [2.24, 2.45) is 0 Å². The summed E-state index contributed by atoms with van der Waals surface area (Å²) < 4.78 is 0. The van der Waals surface area contributed by atoms with Crippen molar-refractivity contribution in [3.8, 4) is 0 Å². The summed E-state index contributed by atoms with van der Waals surface area (Å²) in [6, 6.07) is 0.00202. The zero-order chi connectivity index (χ0) is 17.3. The maximum Gasteiger partial charge on any atom is 0.220 e. The Morgan fingerprint density at radius 2 is 1.22 bits per heavy atom. The molecule has 0 aromatic carbocycles. The number of carbonyl (C=O) groups is 2. The lowest BCUT2D eigenvalue weighted by atomic mass is 10.1. The molecule has 0 saturated heterocycles. The molecule has 0 aromatic heterocycles. The summed E-state index contributed by atoms with van der Waals surface area (Å²) in [6.07, 6.45) is 12.8. The van der Waals surface area contributed by atoms with E-state index in [4.69, 9.17) is 0 Å². The first-order valence-corrected chi connectivity index (χ1v) is 9.66. The Labute approximate surface area is 143 Å². The van der Waals surface area contributed by atoms with Crippen molar-refractivity contribution >= 4 is 11.8 Å². The maximum absolute atomic E-state index is 11.8. The Kier molecular flexibility index (Phi) is 15.1. The van der Waals surface area contributed by atoms with Gasteiger partial charge in [-0.1, -0.05) is 65.2 Å². The first-order chi connectivity index (χ1) is 11.1. The fourth-order valence-corrected chi connectivity index (χ4v) is 2.53. The fourth-order valence-electron chi connectivity index (χ4n) is 2.53. The lowest BCUT2D eigenvalue weighted by Gasteiger charge is -2.15. The largest absolute Gasteiger partial charge is 0.354 e. The van der Waals surface area contributed by atoms with Gasteiger partial charge in [0.2, 0.25) is 11.8 Å². The smallest absolute Gasteiger partial charge is 0.220 e. The molecule has 1 unspecified atom stereocenters. The summed E-state index contributed by atoms with van der Waals surface area (Å²) in [4.78, 5) is 23.5. The summed E-state index contributed by atoms with van der Waals surface area (Å²) in [5.74, 6) is 0.199. The topological polar surface area (TPSA) is 58.2 Å². The monoisotopic (exact) mass is 326 g/mol. The van der Waals surface area contributed by atoms with Crippen LogP contribution in [0, 0.1) is 0 Å². The third-order valence-corrected chi connectivity index (χ3v) is 4.03. The highest BCUT2D eigenvalue weighted by atomic mass is 16.2. The average Bonchev–Trinajstić information content (AvgIpc) is 2.52. The van der Waals surface area contributed by atoms with Crippen molar-refractivity contribution < 1.29 is 9.59 Å². The summed E-state index contributed by atoms with van der Waals surface area (Å²) >= 11 is 0. The highest BCUT2D eigenvalue weighted by Crippen LogP contribution is 2.05. The van der Waals surface area contributed by atoms with E-state index in [0.29, 0.717) is 19.4 Å². The van der Waals surface area contributed by atoms with Gasteiger partial charge in [-0.15, -0.1) is 0 Å². The molecule has 2 amide bonds. The minimum atomic E-state index is 0.00202. The van der Waals surface area contributed by atoms with E-state index in [9.17, 15) is 9.59 Å². The van der Waals surface area contributed by atoms with Crippen molar-refractivity contribution in [2.45, 2.75) is 104 Å². The molecule has 0 aliphatic heterocycles. The van der Waals surface area contributed by atoms with Gasteiger partial charge in [0.1, 0.15) is 0 Å². The fraction of sp³-hybridized carbons (Fsp3) is 0.895. The van der Waals surface area contributed by atoms with Crippen LogP contribution >= 0.6 is 0 Å². The van der Waals surface area contributed by atoms with Crippen LogP contribution < -0.4 is 10.6 Å². The van der Waals surface area contributed by atoms with Crippen molar-refractivity contribution in [1.82, 2.24) is 10.6 Å². The van der Waals surface area contributed by atoms with Crippen LogP contribution in [0.4, 0.5) is 0 Å². The van der Waals surface area contributed by atoms with Gasteiger partial charge in [-0.2, -0.15) is 0 Å². The third-order valence-electron chi connectivity index (χ3n) is 4.03. The highest BCUT2D eigenvalue weighted by Gasteiger charge is 2.08. The Morgan fingerprint density at radius 1 is 0.739 bits per heavy atom. The molecule has 0 heterocycles. The first-order valence-electron chi connectivity index (χ1n) is 9.66. The molecule has 0 spiro atoms. The molecule has 136 valence electrons. The van der Waals surface area contributed by atoms with Gasteiger partial charge < -0.3 is 10.6 Å². The summed E-state index contributed by atoms with van der Waals surface area (Å²) in [5, 5.41) is 5.87. The molecule has 4 nitrogen and oxygen atoms in total. The Balaban J connectivity index is 3.55. The Morgan fingerprint density at radius 3 is 1.74 bits per heavy atom. The molecular weight excluding hydrogens is 288 g/mol. The molecule has 0 aliphatic carbocycles. The number of nitrogens with one attached hydrogen (secondary N) is 2. The minimum Gasteiger partial charge on any atom is -0.354 e. The summed E-state index contributed by atoms with van der Waals surface area (Å²) in [7, 11) is 0. The summed E-state index contributed by atoms with van der Waals surface area (Å²) in [6.45, 7) is 6.84. The van der Waals surface area contributed by atoms with Crippen LogP contribution in [0.15, 0.2) is 0 Å². The normalized spacial score (nSPS) is 12.0. The molecule has 0 aromatic rings. The van der Waals surface area contributed by atoms with Crippen molar-refractivity contribution in [2.75, 3.05) is 6.54 Å². The molecule has 0 radical (unpaired) electrons.